The molecule has 0 aromatic heterocycles. The third-order valence-corrected chi connectivity index (χ3v) is 3.74. The first kappa shape index (κ1) is 15.1. The molecule has 3 N–H and O–H groups in total. The van der Waals surface area contributed by atoms with Gasteiger partial charge in [0, 0.05) is 5.56 Å². The van der Waals surface area contributed by atoms with E-state index in [1.165, 1.54) is 12.5 Å². The number of allylic oxidation sites excluding steroid dienone is 1. The van der Waals surface area contributed by atoms with Gasteiger partial charge in [-0.05, 0) is 31.7 Å². The molecule has 1 aromatic rings. The van der Waals surface area contributed by atoms with E-state index in [2.05, 4.69) is 5.43 Å². The fourth-order valence-electron chi connectivity index (χ4n) is 2.64. The Bertz CT molecular complexity index is 500. The van der Waals surface area contributed by atoms with E-state index in [1.54, 1.807) is 0 Å². The van der Waals surface area contributed by atoms with Crippen molar-refractivity contribution in [2.45, 2.75) is 44.6 Å². The van der Waals surface area contributed by atoms with Gasteiger partial charge in [0.25, 0.3) is 0 Å². The molecule has 2 nitrogen and oxygen atoms in total. The van der Waals surface area contributed by atoms with Crippen LogP contribution in [0, 0.1) is 17.5 Å². The van der Waals surface area contributed by atoms with E-state index in [0.29, 0.717) is 0 Å². The van der Waals surface area contributed by atoms with Crippen LogP contribution >= 0.6 is 0 Å². The molecule has 1 aromatic carbocycles. The molecular weight excluding hydrogens is 265 g/mol. The van der Waals surface area contributed by atoms with Crippen LogP contribution in [-0.4, -0.2) is 0 Å². The Morgan fingerprint density at radius 1 is 1.00 bits per heavy atom. The molecule has 0 bridgehead atoms. The zero-order chi connectivity index (χ0) is 14.5. The lowest BCUT2D eigenvalue weighted by molar-refractivity contribution is 0.430. The van der Waals surface area contributed by atoms with Crippen LogP contribution in [0.5, 0.6) is 0 Å². The molecule has 0 amide bonds. The van der Waals surface area contributed by atoms with Crippen molar-refractivity contribution in [3.8, 4) is 0 Å². The molecule has 1 unspecified atom stereocenters. The number of rotatable bonds is 3. The largest absolute Gasteiger partial charge is 0.271 e. The minimum absolute atomic E-state index is 0.0539. The van der Waals surface area contributed by atoms with Crippen molar-refractivity contribution in [1.82, 2.24) is 5.43 Å². The molecule has 0 radical (unpaired) electrons. The van der Waals surface area contributed by atoms with Crippen LogP contribution in [0.2, 0.25) is 0 Å². The van der Waals surface area contributed by atoms with Gasteiger partial charge in [0.1, 0.15) is 0 Å². The molecule has 1 aliphatic rings. The third kappa shape index (κ3) is 3.22. The predicted octanol–water partition coefficient (Wildman–Crippen LogP) is 3.89. The highest BCUT2D eigenvalue weighted by Gasteiger charge is 2.23. The zero-order valence-electron chi connectivity index (χ0n) is 11.3. The van der Waals surface area contributed by atoms with Crippen LogP contribution in [-0.2, 0) is 0 Å². The van der Waals surface area contributed by atoms with Crippen molar-refractivity contribution in [1.29, 1.82) is 0 Å². The molecule has 0 saturated heterocycles. The molecule has 0 heterocycles. The highest BCUT2D eigenvalue weighted by Crippen LogP contribution is 2.31. The number of nitrogens with one attached hydrogen (secondary N) is 1. The molecule has 1 atom stereocenters. The smallest absolute Gasteiger partial charge is 0.194 e. The van der Waals surface area contributed by atoms with Gasteiger partial charge in [-0.15, -0.1) is 0 Å². The van der Waals surface area contributed by atoms with Crippen LogP contribution in [0.3, 0.4) is 0 Å². The first-order valence-electron chi connectivity index (χ1n) is 6.93. The molecule has 0 spiro atoms. The van der Waals surface area contributed by atoms with E-state index in [4.69, 9.17) is 5.84 Å². The van der Waals surface area contributed by atoms with Crippen molar-refractivity contribution in [3.63, 3.8) is 0 Å². The molecule has 110 valence electrons. The number of halogens is 3. The van der Waals surface area contributed by atoms with Crippen LogP contribution in [0.15, 0.2) is 23.8 Å². The summed E-state index contributed by atoms with van der Waals surface area (Å²) in [6.07, 6.45) is 8.10. The number of nitrogens with two attached hydrogens (primary N) is 1. The maximum Gasteiger partial charge on any atom is 0.194 e. The number of benzene rings is 1. The van der Waals surface area contributed by atoms with Gasteiger partial charge in [-0.1, -0.05) is 30.6 Å². The van der Waals surface area contributed by atoms with Gasteiger partial charge in [-0.25, -0.2) is 18.6 Å². The first-order chi connectivity index (χ1) is 9.65. The number of hydrazine groups is 1. The average Bonchev–Trinajstić information content (AvgIpc) is 2.41. The van der Waals surface area contributed by atoms with Gasteiger partial charge in [0.05, 0.1) is 6.04 Å². The summed E-state index contributed by atoms with van der Waals surface area (Å²) in [7, 11) is 0. The van der Waals surface area contributed by atoms with Gasteiger partial charge in [-0.2, -0.15) is 0 Å². The van der Waals surface area contributed by atoms with Crippen molar-refractivity contribution in [2.24, 2.45) is 5.84 Å². The first-order valence-corrected chi connectivity index (χ1v) is 6.93. The minimum Gasteiger partial charge on any atom is -0.271 e. The Hall–Kier alpha value is -1.33. The van der Waals surface area contributed by atoms with Gasteiger partial charge in [-0.3, -0.25) is 5.84 Å². The SMILES string of the molecule is NNC(/C1=C/CCCCCC1)c1ccc(F)c(F)c1F. The Balaban J connectivity index is 2.34. The maximum absolute atomic E-state index is 13.9. The summed E-state index contributed by atoms with van der Waals surface area (Å²) >= 11 is 0. The van der Waals surface area contributed by atoms with Crippen LogP contribution in [0.25, 0.3) is 0 Å². The van der Waals surface area contributed by atoms with E-state index in [1.807, 2.05) is 6.08 Å². The number of hydrogen-bond acceptors (Lipinski definition) is 2. The fourth-order valence-corrected chi connectivity index (χ4v) is 2.64. The summed E-state index contributed by atoms with van der Waals surface area (Å²) in [4.78, 5) is 0. The van der Waals surface area contributed by atoms with Crippen LogP contribution in [0.1, 0.15) is 50.1 Å². The molecule has 0 aliphatic heterocycles. The number of hydrogen-bond donors (Lipinski definition) is 2. The fraction of sp³-hybridized carbons (Fsp3) is 0.467. The van der Waals surface area contributed by atoms with E-state index in [0.717, 1.165) is 43.7 Å². The molecule has 1 aliphatic carbocycles. The second kappa shape index (κ2) is 6.90. The van der Waals surface area contributed by atoms with Gasteiger partial charge < -0.3 is 0 Å². The van der Waals surface area contributed by atoms with Gasteiger partial charge in [0.15, 0.2) is 17.5 Å². The molecule has 20 heavy (non-hydrogen) atoms. The highest BCUT2D eigenvalue weighted by molar-refractivity contribution is 5.31. The molecular formula is C15H19F3N2. The summed E-state index contributed by atoms with van der Waals surface area (Å²) in [6, 6.07) is 1.57. The second-order valence-corrected chi connectivity index (χ2v) is 5.10. The lowest BCUT2D eigenvalue weighted by Gasteiger charge is -2.22. The zero-order valence-corrected chi connectivity index (χ0v) is 11.3. The quantitative estimate of drug-likeness (QED) is 0.382. The van der Waals surface area contributed by atoms with Gasteiger partial charge >= 0.3 is 0 Å². The molecule has 2 rings (SSSR count). The normalized spacial score (nSPS) is 20.7. The standard InChI is InChI=1S/C15H19F3N2/c16-12-9-8-11(13(17)14(12)18)15(20-19)10-6-4-2-1-3-5-7-10/h6,8-9,15,20H,1-5,7,19H2/b10-6+. The summed E-state index contributed by atoms with van der Waals surface area (Å²) < 4.78 is 40.3. The van der Waals surface area contributed by atoms with Crippen molar-refractivity contribution < 1.29 is 13.2 Å². The summed E-state index contributed by atoms with van der Waals surface area (Å²) in [6.45, 7) is 0. The van der Waals surface area contributed by atoms with Crippen molar-refractivity contribution in [2.75, 3.05) is 0 Å². The van der Waals surface area contributed by atoms with E-state index < -0.39 is 23.5 Å². The molecule has 0 saturated carbocycles. The Kier molecular flexibility index (Phi) is 5.20. The van der Waals surface area contributed by atoms with Crippen LogP contribution in [0.4, 0.5) is 13.2 Å². The highest BCUT2D eigenvalue weighted by atomic mass is 19.2. The van der Waals surface area contributed by atoms with E-state index >= 15 is 0 Å². The Morgan fingerprint density at radius 2 is 1.75 bits per heavy atom. The molecule has 0 fully saturated rings. The lowest BCUT2D eigenvalue weighted by atomic mass is 9.91. The average molecular weight is 284 g/mol. The predicted molar refractivity (Wildman–Crippen MR) is 72.2 cm³/mol. The van der Waals surface area contributed by atoms with Crippen molar-refractivity contribution >= 4 is 0 Å². The monoisotopic (exact) mass is 284 g/mol. The second-order valence-electron chi connectivity index (χ2n) is 5.10. The van der Waals surface area contributed by atoms with E-state index in [9.17, 15) is 13.2 Å². The summed E-state index contributed by atoms with van der Waals surface area (Å²) in [5.41, 5.74) is 3.52. The Morgan fingerprint density at radius 3 is 2.50 bits per heavy atom. The Labute approximate surface area is 116 Å². The molecule has 5 heteroatoms. The summed E-state index contributed by atoms with van der Waals surface area (Å²) in [5, 5.41) is 0. The van der Waals surface area contributed by atoms with Crippen LogP contribution < -0.4 is 11.3 Å². The maximum atomic E-state index is 13.9. The summed E-state index contributed by atoms with van der Waals surface area (Å²) in [5.74, 6) is 1.70. The van der Waals surface area contributed by atoms with Crippen molar-refractivity contribution in [3.05, 3.63) is 46.8 Å². The topological polar surface area (TPSA) is 38.0 Å². The third-order valence-electron chi connectivity index (χ3n) is 3.74. The lowest BCUT2D eigenvalue weighted by Crippen LogP contribution is -2.30. The van der Waals surface area contributed by atoms with Gasteiger partial charge in [0.2, 0.25) is 0 Å². The minimum atomic E-state index is -1.45. The van der Waals surface area contributed by atoms with E-state index in [-0.39, 0.29) is 5.56 Å².